The van der Waals surface area contributed by atoms with Gasteiger partial charge in [-0.1, -0.05) is 12.1 Å². The highest BCUT2D eigenvalue weighted by atomic mass is 79.9. The zero-order chi connectivity index (χ0) is 22.1. The van der Waals surface area contributed by atoms with E-state index in [0.29, 0.717) is 44.7 Å². The maximum absolute atomic E-state index is 12.7. The SMILES string of the molecule is CCOc1ccc(C(=O)N2CCC(NC(=O)CCCOc3ccccc3Br)CC2)cc1. The first kappa shape index (κ1) is 23.1. The van der Waals surface area contributed by atoms with Crippen LogP contribution in [0.4, 0.5) is 0 Å². The molecule has 6 nitrogen and oxygen atoms in total. The molecule has 0 aromatic heterocycles. The minimum absolute atomic E-state index is 0.0250. The van der Waals surface area contributed by atoms with Crippen LogP contribution >= 0.6 is 15.9 Å². The van der Waals surface area contributed by atoms with Gasteiger partial charge >= 0.3 is 0 Å². The van der Waals surface area contributed by atoms with E-state index < -0.39 is 0 Å². The van der Waals surface area contributed by atoms with E-state index in [-0.39, 0.29) is 17.9 Å². The number of amides is 2. The van der Waals surface area contributed by atoms with Crippen molar-refractivity contribution >= 4 is 27.7 Å². The Morgan fingerprint density at radius 1 is 1.06 bits per heavy atom. The number of nitrogens with zero attached hydrogens (tertiary/aromatic N) is 1. The molecular formula is C24H29BrN2O4. The van der Waals surface area contributed by atoms with Crippen molar-refractivity contribution in [2.24, 2.45) is 0 Å². The normalized spacial score (nSPS) is 14.2. The van der Waals surface area contributed by atoms with Gasteiger partial charge in [0.1, 0.15) is 11.5 Å². The molecule has 0 aliphatic carbocycles. The number of likely N-dealkylation sites (tertiary alicyclic amines) is 1. The Morgan fingerprint density at radius 2 is 1.77 bits per heavy atom. The fraction of sp³-hybridized carbons (Fsp3) is 0.417. The first-order valence-corrected chi connectivity index (χ1v) is 11.5. The second-order valence-corrected chi connectivity index (χ2v) is 8.33. The molecule has 0 bridgehead atoms. The van der Waals surface area contributed by atoms with Crippen LogP contribution < -0.4 is 14.8 Å². The van der Waals surface area contributed by atoms with Gasteiger partial charge in [-0.2, -0.15) is 0 Å². The average Bonchev–Trinajstić information content (AvgIpc) is 2.79. The second kappa shape index (κ2) is 11.7. The number of hydrogen-bond acceptors (Lipinski definition) is 4. The molecule has 0 radical (unpaired) electrons. The molecule has 2 amide bonds. The lowest BCUT2D eigenvalue weighted by Crippen LogP contribution is -2.46. The first-order chi connectivity index (χ1) is 15.1. The summed E-state index contributed by atoms with van der Waals surface area (Å²) < 4.78 is 12.0. The summed E-state index contributed by atoms with van der Waals surface area (Å²) in [6.07, 6.45) is 2.61. The highest BCUT2D eigenvalue weighted by Gasteiger charge is 2.24. The molecule has 1 saturated heterocycles. The largest absolute Gasteiger partial charge is 0.494 e. The predicted octanol–water partition coefficient (Wildman–Crippen LogP) is 4.43. The molecule has 31 heavy (non-hydrogen) atoms. The van der Waals surface area contributed by atoms with E-state index >= 15 is 0 Å². The minimum Gasteiger partial charge on any atom is -0.494 e. The van der Waals surface area contributed by atoms with Crippen LogP contribution in [0.2, 0.25) is 0 Å². The van der Waals surface area contributed by atoms with Crippen LogP contribution in [0.3, 0.4) is 0 Å². The number of para-hydroxylation sites is 1. The number of ether oxygens (including phenoxy) is 2. The number of benzene rings is 2. The average molecular weight is 489 g/mol. The van der Waals surface area contributed by atoms with E-state index in [1.807, 2.05) is 48.2 Å². The van der Waals surface area contributed by atoms with Gasteiger partial charge in [0.15, 0.2) is 0 Å². The maximum atomic E-state index is 12.7. The lowest BCUT2D eigenvalue weighted by Gasteiger charge is -2.32. The van der Waals surface area contributed by atoms with Crippen molar-refractivity contribution in [3.05, 3.63) is 58.6 Å². The van der Waals surface area contributed by atoms with Crippen molar-refractivity contribution in [2.45, 2.75) is 38.6 Å². The van der Waals surface area contributed by atoms with Gasteiger partial charge in [0.2, 0.25) is 5.91 Å². The Labute approximate surface area is 192 Å². The summed E-state index contributed by atoms with van der Waals surface area (Å²) in [4.78, 5) is 26.8. The van der Waals surface area contributed by atoms with Gasteiger partial charge in [-0.15, -0.1) is 0 Å². The number of rotatable bonds is 9. The third-order valence-electron chi connectivity index (χ3n) is 5.20. The van der Waals surface area contributed by atoms with Gasteiger partial charge in [-0.3, -0.25) is 9.59 Å². The predicted molar refractivity (Wildman–Crippen MR) is 124 cm³/mol. The number of nitrogens with one attached hydrogen (secondary N) is 1. The van der Waals surface area contributed by atoms with Crippen molar-refractivity contribution in [2.75, 3.05) is 26.3 Å². The van der Waals surface area contributed by atoms with Crippen LogP contribution in [-0.4, -0.2) is 49.1 Å². The first-order valence-electron chi connectivity index (χ1n) is 10.8. The highest BCUT2D eigenvalue weighted by Crippen LogP contribution is 2.24. The summed E-state index contributed by atoms with van der Waals surface area (Å²) in [5.74, 6) is 1.61. The standard InChI is InChI=1S/C24H29BrN2O4/c1-2-30-20-11-9-18(10-12-20)24(29)27-15-13-19(14-16-27)26-23(28)8-5-17-31-22-7-4-3-6-21(22)25/h3-4,6-7,9-12,19H,2,5,8,13-17H2,1H3,(H,26,28). The molecule has 1 aliphatic heterocycles. The molecule has 0 spiro atoms. The van der Waals surface area contributed by atoms with E-state index in [1.54, 1.807) is 12.1 Å². The molecule has 2 aromatic carbocycles. The summed E-state index contributed by atoms with van der Waals surface area (Å²) in [7, 11) is 0. The Kier molecular flexibility index (Phi) is 8.76. The second-order valence-electron chi connectivity index (χ2n) is 7.47. The molecule has 0 atom stereocenters. The summed E-state index contributed by atoms with van der Waals surface area (Å²) in [5.41, 5.74) is 0.663. The van der Waals surface area contributed by atoms with Crippen molar-refractivity contribution < 1.29 is 19.1 Å². The highest BCUT2D eigenvalue weighted by molar-refractivity contribution is 9.10. The monoisotopic (exact) mass is 488 g/mol. The lowest BCUT2D eigenvalue weighted by atomic mass is 10.0. The Morgan fingerprint density at radius 3 is 2.45 bits per heavy atom. The quantitative estimate of drug-likeness (QED) is 0.530. The molecule has 0 unspecified atom stereocenters. The van der Waals surface area contributed by atoms with Crippen molar-refractivity contribution in [3.8, 4) is 11.5 Å². The lowest BCUT2D eigenvalue weighted by molar-refractivity contribution is -0.122. The molecular weight excluding hydrogens is 460 g/mol. The van der Waals surface area contributed by atoms with Crippen LogP contribution in [0, 0.1) is 0 Å². The van der Waals surface area contributed by atoms with Crippen LogP contribution in [0.5, 0.6) is 11.5 Å². The van der Waals surface area contributed by atoms with Crippen molar-refractivity contribution in [3.63, 3.8) is 0 Å². The van der Waals surface area contributed by atoms with Crippen LogP contribution in [0.15, 0.2) is 53.0 Å². The minimum atomic E-state index is 0.0250. The Bertz CT molecular complexity index is 864. The van der Waals surface area contributed by atoms with Gasteiger partial charge in [-0.25, -0.2) is 0 Å². The smallest absolute Gasteiger partial charge is 0.253 e. The number of carbonyl (C=O) groups excluding carboxylic acids is 2. The molecule has 1 heterocycles. The van der Waals surface area contributed by atoms with Crippen LogP contribution in [0.1, 0.15) is 43.0 Å². The summed E-state index contributed by atoms with van der Waals surface area (Å²) >= 11 is 3.44. The van der Waals surface area contributed by atoms with Crippen molar-refractivity contribution in [1.82, 2.24) is 10.2 Å². The molecule has 7 heteroatoms. The van der Waals surface area contributed by atoms with E-state index in [9.17, 15) is 9.59 Å². The Balaban J connectivity index is 1.35. The summed E-state index contributed by atoms with van der Waals surface area (Å²) in [6, 6.07) is 15.0. The number of hydrogen-bond donors (Lipinski definition) is 1. The van der Waals surface area contributed by atoms with E-state index in [1.165, 1.54) is 0 Å². The zero-order valence-electron chi connectivity index (χ0n) is 17.8. The van der Waals surface area contributed by atoms with Gasteiger partial charge in [-0.05, 0) is 78.5 Å². The molecule has 3 rings (SSSR count). The molecule has 1 fully saturated rings. The topological polar surface area (TPSA) is 67.9 Å². The van der Waals surface area contributed by atoms with Gasteiger partial charge < -0.3 is 19.7 Å². The molecule has 0 saturated carbocycles. The molecule has 166 valence electrons. The Hall–Kier alpha value is -2.54. The van der Waals surface area contributed by atoms with Crippen LogP contribution in [-0.2, 0) is 4.79 Å². The van der Waals surface area contributed by atoms with Crippen LogP contribution in [0.25, 0.3) is 0 Å². The van der Waals surface area contributed by atoms with Crippen molar-refractivity contribution in [1.29, 1.82) is 0 Å². The fourth-order valence-electron chi connectivity index (χ4n) is 3.55. The summed E-state index contributed by atoms with van der Waals surface area (Å²) in [6.45, 7) is 4.30. The summed E-state index contributed by atoms with van der Waals surface area (Å²) in [5, 5.41) is 3.09. The number of halogens is 1. The molecule has 1 aliphatic rings. The molecule has 2 aromatic rings. The number of piperidine rings is 1. The third-order valence-corrected chi connectivity index (χ3v) is 5.86. The van der Waals surface area contributed by atoms with E-state index in [2.05, 4.69) is 21.2 Å². The van der Waals surface area contributed by atoms with Gasteiger partial charge in [0.05, 0.1) is 17.7 Å². The zero-order valence-corrected chi connectivity index (χ0v) is 19.4. The fourth-order valence-corrected chi connectivity index (χ4v) is 3.95. The van der Waals surface area contributed by atoms with Gasteiger partial charge in [0, 0.05) is 31.1 Å². The maximum Gasteiger partial charge on any atom is 0.253 e. The van der Waals surface area contributed by atoms with Gasteiger partial charge in [0.25, 0.3) is 5.91 Å². The van der Waals surface area contributed by atoms with E-state index in [4.69, 9.17) is 9.47 Å². The van der Waals surface area contributed by atoms with E-state index in [0.717, 1.165) is 28.8 Å². The number of carbonyl (C=O) groups is 2. The molecule has 1 N–H and O–H groups in total. The third kappa shape index (κ3) is 6.99.